The number of carbonyl (C=O) groups is 1. The van der Waals surface area contributed by atoms with Gasteiger partial charge in [-0.25, -0.2) is 4.98 Å². The van der Waals surface area contributed by atoms with Crippen molar-refractivity contribution in [1.29, 1.82) is 0 Å². The number of nitrogens with one attached hydrogen (secondary N) is 1. The second-order valence-corrected chi connectivity index (χ2v) is 4.87. The molecule has 0 atom stereocenters. The van der Waals surface area contributed by atoms with Gasteiger partial charge in [0.2, 0.25) is 0 Å². The van der Waals surface area contributed by atoms with Crippen LogP contribution in [0.15, 0.2) is 41.1 Å². The fourth-order valence-electron chi connectivity index (χ4n) is 1.49. The average Bonchev–Trinajstić information content (AvgIpc) is 2.35. The molecule has 0 aliphatic heterocycles. The summed E-state index contributed by atoms with van der Waals surface area (Å²) >= 11 is 9.25. The summed E-state index contributed by atoms with van der Waals surface area (Å²) in [7, 11) is 0. The molecule has 0 bridgehead atoms. The summed E-state index contributed by atoms with van der Waals surface area (Å²) in [6, 6.07) is 8.80. The number of amides is 1. The van der Waals surface area contributed by atoms with Crippen LogP contribution in [0.25, 0.3) is 0 Å². The van der Waals surface area contributed by atoms with Gasteiger partial charge in [0.05, 0.1) is 5.56 Å². The zero-order chi connectivity index (χ0) is 13.1. The van der Waals surface area contributed by atoms with Crippen molar-refractivity contribution >= 4 is 39.1 Å². The second-order valence-electron chi connectivity index (χ2n) is 3.71. The lowest BCUT2D eigenvalue weighted by Crippen LogP contribution is -2.13. The summed E-state index contributed by atoms with van der Waals surface area (Å²) in [5.41, 5.74) is 2.02. The number of aromatic nitrogens is 1. The molecule has 0 saturated carbocycles. The van der Waals surface area contributed by atoms with Crippen molar-refractivity contribution in [2.45, 2.75) is 6.92 Å². The molecule has 0 spiro atoms. The highest BCUT2D eigenvalue weighted by Crippen LogP contribution is 2.24. The van der Waals surface area contributed by atoms with E-state index < -0.39 is 0 Å². The van der Waals surface area contributed by atoms with E-state index in [4.69, 9.17) is 11.6 Å². The van der Waals surface area contributed by atoms with E-state index in [1.807, 2.05) is 13.0 Å². The molecule has 0 saturated heterocycles. The number of anilines is 1. The molecule has 1 aromatic heterocycles. The topological polar surface area (TPSA) is 42.0 Å². The van der Waals surface area contributed by atoms with E-state index in [0.29, 0.717) is 20.9 Å². The van der Waals surface area contributed by atoms with Crippen molar-refractivity contribution in [1.82, 2.24) is 4.98 Å². The quantitative estimate of drug-likeness (QED) is 0.846. The zero-order valence-electron chi connectivity index (χ0n) is 9.58. The molecule has 92 valence electrons. The Bertz CT molecular complexity index is 601. The third-order valence-electron chi connectivity index (χ3n) is 2.52. The maximum atomic E-state index is 12.1. The molecule has 2 rings (SSSR count). The van der Waals surface area contributed by atoms with E-state index in [2.05, 4.69) is 26.2 Å². The van der Waals surface area contributed by atoms with Gasteiger partial charge in [0.1, 0.15) is 4.60 Å². The summed E-state index contributed by atoms with van der Waals surface area (Å²) in [6.07, 6.45) is 1.62. The highest BCUT2D eigenvalue weighted by atomic mass is 79.9. The molecule has 3 nitrogen and oxygen atoms in total. The van der Waals surface area contributed by atoms with Crippen LogP contribution < -0.4 is 5.32 Å². The third-order valence-corrected chi connectivity index (χ3v) is 3.56. The van der Waals surface area contributed by atoms with Gasteiger partial charge in [-0.2, -0.15) is 0 Å². The summed E-state index contributed by atoms with van der Waals surface area (Å²) in [6.45, 7) is 1.86. The van der Waals surface area contributed by atoms with Gasteiger partial charge in [0, 0.05) is 16.9 Å². The number of benzene rings is 1. The summed E-state index contributed by atoms with van der Waals surface area (Å²) in [5.74, 6) is -0.222. The minimum atomic E-state index is -0.222. The van der Waals surface area contributed by atoms with Gasteiger partial charge in [-0.3, -0.25) is 4.79 Å². The standard InChI is InChI=1S/C13H10BrClN2O/c1-8-10(15)5-2-6-11(8)17-13(18)9-4-3-7-16-12(9)14/h2-7H,1H3,(H,17,18). The molecule has 2 aromatic rings. The van der Waals surface area contributed by atoms with Crippen LogP contribution in [0.4, 0.5) is 5.69 Å². The number of nitrogens with zero attached hydrogens (tertiary/aromatic N) is 1. The monoisotopic (exact) mass is 324 g/mol. The van der Waals surface area contributed by atoms with Crippen LogP contribution in [0.2, 0.25) is 5.02 Å². The summed E-state index contributed by atoms with van der Waals surface area (Å²) in [5, 5.41) is 3.44. The van der Waals surface area contributed by atoms with Gasteiger partial charge in [-0.15, -0.1) is 0 Å². The normalized spacial score (nSPS) is 10.2. The fourth-order valence-corrected chi connectivity index (χ4v) is 2.09. The van der Waals surface area contributed by atoms with E-state index in [-0.39, 0.29) is 5.91 Å². The van der Waals surface area contributed by atoms with Crippen LogP contribution in [-0.4, -0.2) is 10.9 Å². The van der Waals surface area contributed by atoms with E-state index >= 15 is 0 Å². The fraction of sp³-hybridized carbons (Fsp3) is 0.0769. The number of carbonyl (C=O) groups excluding carboxylic acids is 1. The first-order valence-corrected chi connectivity index (χ1v) is 6.43. The highest BCUT2D eigenvalue weighted by Gasteiger charge is 2.12. The van der Waals surface area contributed by atoms with Crippen molar-refractivity contribution in [2.75, 3.05) is 5.32 Å². The first-order valence-electron chi connectivity index (χ1n) is 5.26. The Hall–Kier alpha value is -1.39. The average molecular weight is 326 g/mol. The van der Waals surface area contributed by atoms with Crippen LogP contribution in [-0.2, 0) is 0 Å². The van der Waals surface area contributed by atoms with Crippen LogP contribution in [0.1, 0.15) is 15.9 Å². The number of halogens is 2. The first kappa shape index (κ1) is 13.1. The van der Waals surface area contributed by atoms with E-state index in [1.54, 1.807) is 30.5 Å². The zero-order valence-corrected chi connectivity index (χ0v) is 11.9. The Morgan fingerprint density at radius 1 is 1.33 bits per heavy atom. The van der Waals surface area contributed by atoms with Crippen molar-refractivity contribution in [3.05, 3.63) is 57.3 Å². The second kappa shape index (κ2) is 5.50. The number of pyridine rings is 1. The Morgan fingerprint density at radius 3 is 2.83 bits per heavy atom. The maximum Gasteiger partial charge on any atom is 0.258 e. The smallest absolute Gasteiger partial charge is 0.258 e. The van der Waals surface area contributed by atoms with E-state index in [1.165, 1.54) is 0 Å². The van der Waals surface area contributed by atoms with Crippen LogP contribution in [0.5, 0.6) is 0 Å². The molecule has 0 unspecified atom stereocenters. The first-order chi connectivity index (χ1) is 8.59. The van der Waals surface area contributed by atoms with Crippen LogP contribution >= 0.6 is 27.5 Å². The Balaban J connectivity index is 2.27. The van der Waals surface area contributed by atoms with E-state index in [9.17, 15) is 4.79 Å². The molecular weight excluding hydrogens is 316 g/mol. The van der Waals surface area contributed by atoms with Crippen LogP contribution in [0, 0.1) is 6.92 Å². The van der Waals surface area contributed by atoms with Crippen molar-refractivity contribution in [3.63, 3.8) is 0 Å². The maximum absolute atomic E-state index is 12.1. The minimum Gasteiger partial charge on any atom is -0.322 e. The molecule has 5 heteroatoms. The van der Waals surface area contributed by atoms with Gasteiger partial charge in [0.25, 0.3) is 5.91 Å². The molecule has 1 amide bonds. The van der Waals surface area contributed by atoms with Crippen LogP contribution in [0.3, 0.4) is 0 Å². The van der Waals surface area contributed by atoms with Gasteiger partial charge in [0.15, 0.2) is 0 Å². The molecule has 1 N–H and O–H groups in total. The molecule has 1 aromatic carbocycles. The van der Waals surface area contributed by atoms with Gasteiger partial charge in [-0.1, -0.05) is 17.7 Å². The van der Waals surface area contributed by atoms with Crippen molar-refractivity contribution in [3.8, 4) is 0 Å². The summed E-state index contributed by atoms with van der Waals surface area (Å²) in [4.78, 5) is 16.1. The van der Waals surface area contributed by atoms with Crippen molar-refractivity contribution in [2.24, 2.45) is 0 Å². The van der Waals surface area contributed by atoms with Gasteiger partial charge < -0.3 is 5.32 Å². The lowest BCUT2D eigenvalue weighted by molar-refractivity contribution is 0.102. The highest BCUT2D eigenvalue weighted by molar-refractivity contribution is 9.10. The molecule has 0 fully saturated rings. The number of rotatable bonds is 2. The van der Waals surface area contributed by atoms with Crippen molar-refractivity contribution < 1.29 is 4.79 Å². The SMILES string of the molecule is Cc1c(Cl)cccc1NC(=O)c1cccnc1Br. The Morgan fingerprint density at radius 2 is 2.11 bits per heavy atom. The predicted octanol–water partition coefficient (Wildman–Crippen LogP) is 4.06. The lowest BCUT2D eigenvalue weighted by atomic mass is 10.2. The van der Waals surface area contributed by atoms with E-state index in [0.717, 1.165) is 5.56 Å². The lowest BCUT2D eigenvalue weighted by Gasteiger charge is -2.09. The molecule has 1 heterocycles. The van der Waals surface area contributed by atoms with Gasteiger partial charge >= 0.3 is 0 Å². The third kappa shape index (κ3) is 2.71. The molecular formula is C13H10BrClN2O. The minimum absolute atomic E-state index is 0.222. The van der Waals surface area contributed by atoms with Gasteiger partial charge in [-0.05, 0) is 52.7 Å². The molecule has 0 aliphatic carbocycles. The Kier molecular flexibility index (Phi) is 3.99. The predicted molar refractivity (Wildman–Crippen MR) is 76.1 cm³/mol. The molecule has 0 aliphatic rings. The molecule has 0 radical (unpaired) electrons. The molecule has 18 heavy (non-hydrogen) atoms. The summed E-state index contributed by atoms with van der Waals surface area (Å²) < 4.78 is 0.516. The Labute approximate surface area is 118 Å². The number of hydrogen-bond acceptors (Lipinski definition) is 2. The number of hydrogen-bond donors (Lipinski definition) is 1. The largest absolute Gasteiger partial charge is 0.322 e.